The molecule has 1 heterocycles. The lowest BCUT2D eigenvalue weighted by Gasteiger charge is -2.30. The summed E-state index contributed by atoms with van der Waals surface area (Å²) < 4.78 is 22.6. The van der Waals surface area contributed by atoms with Crippen LogP contribution in [0.1, 0.15) is 42.1 Å². The third-order valence-electron chi connectivity index (χ3n) is 4.94. The number of benzene rings is 2. The van der Waals surface area contributed by atoms with E-state index < -0.39 is 0 Å². The van der Waals surface area contributed by atoms with Gasteiger partial charge in [0.25, 0.3) is 0 Å². The van der Waals surface area contributed by atoms with E-state index in [9.17, 15) is 0 Å². The van der Waals surface area contributed by atoms with Gasteiger partial charge in [0.15, 0.2) is 23.0 Å². The Labute approximate surface area is 161 Å². The highest BCUT2D eigenvalue weighted by molar-refractivity contribution is 5.55. The Balaban J connectivity index is 2.09. The van der Waals surface area contributed by atoms with Gasteiger partial charge >= 0.3 is 0 Å². The van der Waals surface area contributed by atoms with Gasteiger partial charge in [-0.2, -0.15) is 0 Å². The second-order valence-corrected chi connectivity index (χ2v) is 6.56. The number of rotatable bonds is 7. The van der Waals surface area contributed by atoms with Crippen molar-refractivity contribution >= 4 is 0 Å². The molecule has 5 heteroatoms. The molecular weight excluding hydrogens is 342 g/mol. The van der Waals surface area contributed by atoms with Gasteiger partial charge in [0.1, 0.15) is 0 Å². The Morgan fingerprint density at radius 2 is 1.44 bits per heavy atom. The van der Waals surface area contributed by atoms with E-state index in [-0.39, 0.29) is 6.04 Å². The van der Waals surface area contributed by atoms with Crippen molar-refractivity contribution in [3.8, 4) is 23.0 Å². The van der Waals surface area contributed by atoms with E-state index in [1.807, 2.05) is 19.9 Å². The van der Waals surface area contributed by atoms with E-state index in [1.54, 1.807) is 14.2 Å². The maximum Gasteiger partial charge on any atom is 0.161 e. The number of hydrogen-bond acceptors (Lipinski definition) is 5. The standard InChI is InChI=1S/C22H29NO4/c1-6-26-20-11-15-8-9-23-22(17(15)13-21(20)27-7-2)16-12-19(25-5)18(24-4)10-14(16)3/h10-13,22-23H,6-9H2,1-5H3. The molecule has 0 aliphatic carbocycles. The van der Waals surface area contributed by atoms with E-state index in [0.29, 0.717) is 13.2 Å². The summed E-state index contributed by atoms with van der Waals surface area (Å²) >= 11 is 0. The number of fused-ring (bicyclic) bond motifs is 1. The highest BCUT2D eigenvalue weighted by atomic mass is 16.5. The Bertz CT molecular complexity index is 803. The topological polar surface area (TPSA) is 49.0 Å². The summed E-state index contributed by atoms with van der Waals surface area (Å²) in [5.41, 5.74) is 4.85. The molecule has 2 aromatic carbocycles. The second kappa shape index (κ2) is 8.53. The molecule has 1 atom stereocenters. The molecule has 0 aromatic heterocycles. The van der Waals surface area contributed by atoms with Gasteiger partial charge in [-0.3, -0.25) is 0 Å². The summed E-state index contributed by atoms with van der Waals surface area (Å²) in [6, 6.07) is 8.42. The minimum absolute atomic E-state index is 0.0726. The second-order valence-electron chi connectivity index (χ2n) is 6.56. The van der Waals surface area contributed by atoms with Crippen molar-refractivity contribution in [1.82, 2.24) is 5.32 Å². The van der Waals surface area contributed by atoms with Crippen molar-refractivity contribution in [1.29, 1.82) is 0 Å². The van der Waals surface area contributed by atoms with Crippen LogP contribution in [0, 0.1) is 6.92 Å². The lowest BCUT2D eigenvalue weighted by Crippen LogP contribution is -2.31. The minimum Gasteiger partial charge on any atom is -0.493 e. The largest absolute Gasteiger partial charge is 0.493 e. The van der Waals surface area contributed by atoms with Crippen LogP contribution in [-0.2, 0) is 6.42 Å². The normalized spacial score (nSPS) is 15.8. The number of methoxy groups -OCH3 is 2. The van der Waals surface area contributed by atoms with Crippen molar-refractivity contribution in [3.05, 3.63) is 46.5 Å². The van der Waals surface area contributed by atoms with Gasteiger partial charge in [0, 0.05) is 6.54 Å². The van der Waals surface area contributed by atoms with Crippen molar-refractivity contribution in [3.63, 3.8) is 0 Å². The number of aryl methyl sites for hydroxylation is 1. The Morgan fingerprint density at radius 3 is 2.07 bits per heavy atom. The average Bonchev–Trinajstić information content (AvgIpc) is 2.68. The summed E-state index contributed by atoms with van der Waals surface area (Å²) in [4.78, 5) is 0. The van der Waals surface area contributed by atoms with Crippen LogP contribution < -0.4 is 24.3 Å². The highest BCUT2D eigenvalue weighted by Crippen LogP contribution is 2.41. The molecular formula is C22H29NO4. The van der Waals surface area contributed by atoms with Crippen molar-refractivity contribution < 1.29 is 18.9 Å². The fraction of sp³-hybridized carbons (Fsp3) is 0.455. The lowest BCUT2D eigenvalue weighted by molar-refractivity contribution is 0.286. The first kappa shape index (κ1) is 19.4. The zero-order valence-electron chi connectivity index (χ0n) is 16.8. The summed E-state index contributed by atoms with van der Waals surface area (Å²) in [6.07, 6.45) is 0.963. The molecule has 0 amide bonds. The monoisotopic (exact) mass is 371 g/mol. The van der Waals surface area contributed by atoms with Crippen molar-refractivity contribution in [2.24, 2.45) is 0 Å². The number of nitrogens with one attached hydrogen (secondary N) is 1. The van der Waals surface area contributed by atoms with Crippen LogP contribution in [0.15, 0.2) is 24.3 Å². The van der Waals surface area contributed by atoms with E-state index >= 15 is 0 Å². The van der Waals surface area contributed by atoms with Crippen molar-refractivity contribution in [2.45, 2.75) is 33.2 Å². The first-order chi connectivity index (χ1) is 13.1. The Hall–Kier alpha value is -2.40. The molecule has 2 aromatic rings. The van der Waals surface area contributed by atoms with Gasteiger partial charge in [0.05, 0.1) is 33.5 Å². The van der Waals surface area contributed by atoms with E-state index in [2.05, 4.69) is 30.4 Å². The van der Waals surface area contributed by atoms with E-state index in [0.717, 1.165) is 41.5 Å². The van der Waals surface area contributed by atoms with Gasteiger partial charge in [0.2, 0.25) is 0 Å². The van der Waals surface area contributed by atoms with Crippen LogP contribution in [0.2, 0.25) is 0 Å². The third-order valence-corrected chi connectivity index (χ3v) is 4.94. The van der Waals surface area contributed by atoms with Crippen LogP contribution in [0.5, 0.6) is 23.0 Å². The molecule has 1 aliphatic rings. The number of ether oxygens (including phenoxy) is 4. The molecule has 1 N–H and O–H groups in total. The molecule has 1 aliphatic heterocycles. The minimum atomic E-state index is 0.0726. The van der Waals surface area contributed by atoms with Gasteiger partial charge in [-0.15, -0.1) is 0 Å². The van der Waals surface area contributed by atoms with Gasteiger partial charge in [-0.05, 0) is 73.7 Å². The molecule has 0 fully saturated rings. The van der Waals surface area contributed by atoms with Gasteiger partial charge < -0.3 is 24.3 Å². The smallest absolute Gasteiger partial charge is 0.161 e. The highest BCUT2D eigenvalue weighted by Gasteiger charge is 2.26. The molecule has 27 heavy (non-hydrogen) atoms. The molecule has 0 spiro atoms. The summed E-state index contributed by atoms with van der Waals surface area (Å²) in [5.74, 6) is 3.10. The Kier molecular flexibility index (Phi) is 6.11. The maximum atomic E-state index is 5.85. The van der Waals surface area contributed by atoms with Crippen LogP contribution in [0.25, 0.3) is 0 Å². The van der Waals surface area contributed by atoms with Gasteiger partial charge in [-0.25, -0.2) is 0 Å². The molecule has 3 rings (SSSR count). The van der Waals surface area contributed by atoms with E-state index in [4.69, 9.17) is 18.9 Å². The molecule has 5 nitrogen and oxygen atoms in total. The lowest BCUT2D eigenvalue weighted by atomic mass is 9.87. The predicted octanol–water partition coefficient (Wildman–Crippen LogP) is 4.04. The first-order valence-electron chi connectivity index (χ1n) is 9.51. The van der Waals surface area contributed by atoms with Crippen LogP contribution >= 0.6 is 0 Å². The molecule has 0 bridgehead atoms. The molecule has 0 radical (unpaired) electrons. The quantitative estimate of drug-likeness (QED) is 0.796. The molecule has 146 valence electrons. The zero-order chi connectivity index (χ0) is 19.4. The summed E-state index contributed by atoms with van der Waals surface area (Å²) in [6.45, 7) is 8.22. The molecule has 0 saturated heterocycles. The molecule has 0 saturated carbocycles. The van der Waals surface area contributed by atoms with E-state index in [1.165, 1.54) is 16.7 Å². The summed E-state index contributed by atoms with van der Waals surface area (Å²) in [5, 5.41) is 3.65. The average molecular weight is 371 g/mol. The summed E-state index contributed by atoms with van der Waals surface area (Å²) in [7, 11) is 3.33. The first-order valence-corrected chi connectivity index (χ1v) is 9.51. The number of hydrogen-bond donors (Lipinski definition) is 1. The fourth-order valence-corrected chi connectivity index (χ4v) is 3.69. The van der Waals surface area contributed by atoms with Crippen LogP contribution in [0.3, 0.4) is 0 Å². The maximum absolute atomic E-state index is 5.85. The van der Waals surface area contributed by atoms with Crippen molar-refractivity contribution in [2.75, 3.05) is 34.0 Å². The zero-order valence-corrected chi connectivity index (χ0v) is 16.8. The SMILES string of the molecule is CCOc1cc2c(cc1OCC)C(c1cc(OC)c(OC)cc1C)NCC2. The Morgan fingerprint density at radius 1 is 0.852 bits per heavy atom. The predicted molar refractivity (Wildman–Crippen MR) is 107 cm³/mol. The fourth-order valence-electron chi connectivity index (χ4n) is 3.69. The van der Waals surface area contributed by atoms with Crippen LogP contribution in [-0.4, -0.2) is 34.0 Å². The van der Waals surface area contributed by atoms with Gasteiger partial charge in [-0.1, -0.05) is 0 Å². The van der Waals surface area contributed by atoms with Crippen LogP contribution in [0.4, 0.5) is 0 Å². The molecule has 1 unspecified atom stereocenters. The third kappa shape index (κ3) is 3.83.